The van der Waals surface area contributed by atoms with Gasteiger partial charge >= 0.3 is 0 Å². The Morgan fingerprint density at radius 3 is 2.88 bits per heavy atom. The van der Waals surface area contributed by atoms with Gasteiger partial charge in [-0.1, -0.05) is 0 Å². The largest absolute Gasteiger partial charge is 0.377 e. The van der Waals surface area contributed by atoms with Crippen molar-refractivity contribution >= 4 is 5.69 Å². The minimum absolute atomic E-state index is 0.286. The second kappa shape index (κ2) is 7.25. The molecule has 17 heavy (non-hydrogen) atoms. The van der Waals surface area contributed by atoms with Crippen molar-refractivity contribution in [2.24, 2.45) is 0 Å². The molecule has 0 aliphatic heterocycles. The molecule has 0 bridgehead atoms. The summed E-state index contributed by atoms with van der Waals surface area (Å²) < 4.78 is 5.56. The highest BCUT2D eigenvalue weighted by molar-refractivity contribution is 5.50. The number of nitrogens with zero attached hydrogens (tertiary/aromatic N) is 2. The van der Waals surface area contributed by atoms with Crippen LogP contribution in [0.15, 0.2) is 18.5 Å². The predicted octanol–water partition coefficient (Wildman–Crippen LogP) is 1.66. The molecular formula is C13H23N3O. The van der Waals surface area contributed by atoms with Crippen LogP contribution in [-0.4, -0.2) is 38.3 Å². The van der Waals surface area contributed by atoms with Crippen molar-refractivity contribution in [2.45, 2.75) is 26.5 Å². The fraction of sp³-hybridized carbons (Fsp3) is 0.615. The number of ether oxygens (including phenoxy) is 1. The maximum absolute atomic E-state index is 5.56. The van der Waals surface area contributed by atoms with Crippen molar-refractivity contribution in [1.29, 1.82) is 0 Å². The van der Waals surface area contributed by atoms with Crippen molar-refractivity contribution in [3.63, 3.8) is 0 Å². The molecule has 4 nitrogen and oxygen atoms in total. The lowest BCUT2D eigenvalue weighted by Gasteiger charge is -2.22. The van der Waals surface area contributed by atoms with Crippen LogP contribution in [-0.2, 0) is 11.3 Å². The van der Waals surface area contributed by atoms with Gasteiger partial charge in [0.2, 0.25) is 0 Å². The third-order valence-corrected chi connectivity index (χ3v) is 2.54. The Morgan fingerprint density at radius 1 is 1.47 bits per heavy atom. The maximum atomic E-state index is 5.56. The molecule has 1 N–H and O–H groups in total. The molecule has 0 aromatic carbocycles. The summed E-state index contributed by atoms with van der Waals surface area (Å²) in [6, 6.07) is 2.05. The van der Waals surface area contributed by atoms with E-state index in [4.69, 9.17) is 4.74 Å². The molecule has 0 unspecified atom stereocenters. The van der Waals surface area contributed by atoms with E-state index in [9.17, 15) is 0 Å². The third kappa shape index (κ3) is 4.71. The molecule has 0 amide bonds. The summed E-state index contributed by atoms with van der Waals surface area (Å²) in [6.45, 7) is 6.57. The van der Waals surface area contributed by atoms with E-state index in [2.05, 4.69) is 36.1 Å². The van der Waals surface area contributed by atoms with Gasteiger partial charge in [-0.25, -0.2) is 0 Å². The Bertz CT molecular complexity index is 328. The first-order chi connectivity index (χ1) is 8.15. The molecule has 0 saturated heterocycles. The summed E-state index contributed by atoms with van der Waals surface area (Å²) in [4.78, 5) is 6.36. The van der Waals surface area contributed by atoms with Gasteiger partial charge in [-0.3, -0.25) is 4.98 Å². The molecule has 96 valence electrons. The van der Waals surface area contributed by atoms with Gasteiger partial charge in [-0.2, -0.15) is 0 Å². The number of likely N-dealkylation sites (N-methyl/N-ethyl adjacent to an activating group) is 1. The molecule has 1 aromatic heterocycles. The molecule has 0 aliphatic rings. The Hall–Kier alpha value is -1.13. The van der Waals surface area contributed by atoms with Crippen molar-refractivity contribution in [1.82, 2.24) is 10.3 Å². The van der Waals surface area contributed by atoms with Gasteiger partial charge in [0.15, 0.2) is 0 Å². The lowest BCUT2D eigenvalue weighted by Crippen LogP contribution is -2.25. The summed E-state index contributed by atoms with van der Waals surface area (Å²) in [6.07, 6.45) is 4.02. The van der Waals surface area contributed by atoms with Crippen LogP contribution in [0.1, 0.15) is 19.4 Å². The number of aromatic nitrogens is 1. The number of rotatable bonds is 7. The first kappa shape index (κ1) is 13.9. The minimum Gasteiger partial charge on any atom is -0.377 e. The highest BCUT2D eigenvalue weighted by atomic mass is 16.5. The van der Waals surface area contributed by atoms with E-state index in [1.54, 1.807) is 0 Å². The van der Waals surface area contributed by atoms with E-state index in [0.29, 0.717) is 0 Å². The highest BCUT2D eigenvalue weighted by Crippen LogP contribution is 2.17. The van der Waals surface area contributed by atoms with Crippen LogP contribution in [0.5, 0.6) is 0 Å². The van der Waals surface area contributed by atoms with E-state index in [-0.39, 0.29) is 6.10 Å². The number of anilines is 1. The van der Waals surface area contributed by atoms with Crippen LogP contribution in [0.2, 0.25) is 0 Å². The van der Waals surface area contributed by atoms with Crippen molar-refractivity contribution in [2.75, 3.05) is 32.1 Å². The van der Waals surface area contributed by atoms with E-state index < -0.39 is 0 Å². The lowest BCUT2D eigenvalue weighted by molar-refractivity contribution is 0.0846. The average molecular weight is 237 g/mol. The maximum Gasteiger partial charge on any atom is 0.0644 e. The molecular weight excluding hydrogens is 214 g/mol. The molecule has 0 saturated carbocycles. The van der Waals surface area contributed by atoms with Crippen LogP contribution >= 0.6 is 0 Å². The average Bonchev–Trinajstić information content (AvgIpc) is 2.29. The molecule has 0 fully saturated rings. The zero-order valence-electron chi connectivity index (χ0n) is 11.2. The van der Waals surface area contributed by atoms with Crippen LogP contribution in [0.3, 0.4) is 0 Å². The Balaban J connectivity index is 2.58. The first-order valence-corrected chi connectivity index (χ1v) is 6.05. The molecule has 0 spiro atoms. The van der Waals surface area contributed by atoms with E-state index in [0.717, 1.165) is 25.4 Å². The molecule has 1 rings (SSSR count). The standard InChI is InChI=1S/C13H23N3O/c1-11(2)17-8-7-16(4)13-10-15-6-5-12(13)9-14-3/h5-6,10-11,14H,7-9H2,1-4H3. The Kier molecular flexibility index (Phi) is 5.94. The van der Waals surface area contributed by atoms with E-state index in [1.807, 2.05) is 25.5 Å². The molecule has 4 heteroatoms. The normalized spacial score (nSPS) is 10.9. The number of hydrogen-bond acceptors (Lipinski definition) is 4. The van der Waals surface area contributed by atoms with E-state index in [1.165, 1.54) is 5.56 Å². The third-order valence-electron chi connectivity index (χ3n) is 2.54. The summed E-state index contributed by atoms with van der Waals surface area (Å²) in [5, 5.41) is 3.17. The van der Waals surface area contributed by atoms with Crippen molar-refractivity contribution in [3.8, 4) is 0 Å². The van der Waals surface area contributed by atoms with Gasteiger partial charge in [0.1, 0.15) is 0 Å². The number of hydrogen-bond donors (Lipinski definition) is 1. The van der Waals surface area contributed by atoms with Crippen LogP contribution in [0.25, 0.3) is 0 Å². The van der Waals surface area contributed by atoms with Crippen molar-refractivity contribution in [3.05, 3.63) is 24.0 Å². The van der Waals surface area contributed by atoms with Gasteiger partial charge in [0.25, 0.3) is 0 Å². The molecule has 0 aliphatic carbocycles. The summed E-state index contributed by atoms with van der Waals surface area (Å²) >= 11 is 0. The minimum atomic E-state index is 0.286. The van der Waals surface area contributed by atoms with E-state index >= 15 is 0 Å². The second-order valence-corrected chi connectivity index (χ2v) is 4.38. The topological polar surface area (TPSA) is 37.4 Å². The Labute approximate surface area is 104 Å². The number of pyridine rings is 1. The summed E-state index contributed by atoms with van der Waals surface area (Å²) in [5.41, 5.74) is 2.42. The van der Waals surface area contributed by atoms with Gasteiger partial charge < -0.3 is 15.0 Å². The summed E-state index contributed by atoms with van der Waals surface area (Å²) in [7, 11) is 4.02. The SMILES string of the molecule is CNCc1ccncc1N(C)CCOC(C)C. The molecule has 0 radical (unpaired) electrons. The van der Waals surface area contributed by atoms with Crippen LogP contribution < -0.4 is 10.2 Å². The van der Waals surface area contributed by atoms with Gasteiger partial charge in [-0.15, -0.1) is 0 Å². The van der Waals surface area contributed by atoms with Gasteiger partial charge in [0, 0.05) is 26.3 Å². The lowest BCUT2D eigenvalue weighted by atomic mass is 10.2. The molecule has 1 aromatic rings. The van der Waals surface area contributed by atoms with Crippen LogP contribution in [0.4, 0.5) is 5.69 Å². The fourth-order valence-electron chi connectivity index (χ4n) is 1.64. The van der Waals surface area contributed by atoms with Gasteiger partial charge in [0.05, 0.1) is 24.6 Å². The molecule has 1 heterocycles. The van der Waals surface area contributed by atoms with Gasteiger partial charge in [-0.05, 0) is 32.5 Å². The monoisotopic (exact) mass is 237 g/mol. The smallest absolute Gasteiger partial charge is 0.0644 e. The second-order valence-electron chi connectivity index (χ2n) is 4.38. The first-order valence-electron chi connectivity index (χ1n) is 6.05. The summed E-state index contributed by atoms with van der Waals surface area (Å²) in [5.74, 6) is 0. The Morgan fingerprint density at radius 2 is 2.24 bits per heavy atom. The zero-order chi connectivity index (χ0) is 12.7. The quantitative estimate of drug-likeness (QED) is 0.782. The fourth-order valence-corrected chi connectivity index (χ4v) is 1.64. The predicted molar refractivity (Wildman–Crippen MR) is 71.4 cm³/mol. The zero-order valence-corrected chi connectivity index (χ0v) is 11.2. The molecule has 0 atom stereocenters. The highest BCUT2D eigenvalue weighted by Gasteiger charge is 2.07. The van der Waals surface area contributed by atoms with Crippen LogP contribution in [0, 0.1) is 0 Å². The number of nitrogens with one attached hydrogen (secondary N) is 1. The van der Waals surface area contributed by atoms with Crippen molar-refractivity contribution < 1.29 is 4.74 Å².